The largest absolute Gasteiger partial charge is 0.385 e. The minimum Gasteiger partial charge on any atom is -0.385 e. The molecule has 0 heterocycles. The van der Waals surface area contributed by atoms with Gasteiger partial charge in [0.15, 0.2) is 0 Å². The van der Waals surface area contributed by atoms with Crippen LogP contribution in [0.5, 0.6) is 0 Å². The Hall–Kier alpha value is -1.39. The van der Waals surface area contributed by atoms with Crippen molar-refractivity contribution in [1.82, 2.24) is 5.32 Å². The molecule has 0 aliphatic rings. The molecule has 0 aliphatic heterocycles. The molecule has 0 radical (unpaired) electrons. The third-order valence-electron chi connectivity index (χ3n) is 2.77. The predicted molar refractivity (Wildman–Crippen MR) is 72.1 cm³/mol. The fourth-order valence-corrected chi connectivity index (χ4v) is 1.68. The van der Waals surface area contributed by atoms with Gasteiger partial charge in [-0.05, 0) is 24.8 Å². The second kappa shape index (κ2) is 8.66. The second-order valence-corrected chi connectivity index (χ2v) is 4.23. The molecule has 1 amide bonds. The summed E-state index contributed by atoms with van der Waals surface area (Å²) in [7, 11) is 1.70. The SMILES string of the molecule is COCCCCCNC(=O)C(N)c1ccccc1. The van der Waals surface area contributed by atoms with Gasteiger partial charge in [0.1, 0.15) is 6.04 Å². The van der Waals surface area contributed by atoms with E-state index >= 15 is 0 Å². The van der Waals surface area contributed by atoms with Crippen LogP contribution in [-0.2, 0) is 9.53 Å². The van der Waals surface area contributed by atoms with Crippen LogP contribution in [0.4, 0.5) is 0 Å². The maximum atomic E-state index is 11.8. The van der Waals surface area contributed by atoms with E-state index in [0.29, 0.717) is 6.54 Å². The van der Waals surface area contributed by atoms with Gasteiger partial charge in [0, 0.05) is 20.3 Å². The highest BCUT2D eigenvalue weighted by Gasteiger charge is 2.14. The summed E-state index contributed by atoms with van der Waals surface area (Å²) in [4.78, 5) is 11.8. The fraction of sp³-hybridized carbons (Fsp3) is 0.500. The van der Waals surface area contributed by atoms with Crippen molar-refractivity contribution < 1.29 is 9.53 Å². The second-order valence-electron chi connectivity index (χ2n) is 4.23. The first-order valence-corrected chi connectivity index (χ1v) is 6.33. The third-order valence-corrected chi connectivity index (χ3v) is 2.77. The number of hydrogen-bond acceptors (Lipinski definition) is 3. The predicted octanol–water partition coefficient (Wildman–Crippen LogP) is 1.62. The van der Waals surface area contributed by atoms with Gasteiger partial charge in [-0.1, -0.05) is 30.3 Å². The number of rotatable bonds is 8. The van der Waals surface area contributed by atoms with Crippen molar-refractivity contribution in [3.05, 3.63) is 35.9 Å². The van der Waals surface area contributed by atoms with Gasteiger partial charge in [-0.3, -0.25) is 4.79 Å². The van der Waals surface area contributed by atoms with Crippen molar-refractivity contribution in [3.63, 3.8) is 0 Å². The molecule has 0 fully saturated rings. The molecule has 0 aliphatic carbocycles. The minimum atomic E-state index is -0.579. The monoisotopic (exact) mass is 250 g/mol. The summed E-state index contributed by atoms with van der Waals surface area (Å²) in [6.07, 6.45) is 3.03. The zero-order valence-electron chi connectivity index (χ0n) is 10.9. The third kappa shape index (κ3) is 5.29. The lowest BCUT2D eigenvalue weighted by atomic mass is 10.1. The number of carbonyl (C=O) groups is 1. The molecule has 1 rings (SSSR count). The smallest absolute Gasteiger partial charge is 0.241 e. The number of benzene rings is 1. The molecule has 0 saturated heterocycles. The average molecular weight is 250 g/mol. The van der Waals surface area contributed by atoms with Gasteiger partial charge in [-0.25, -0.2) is 0 Å². The zero-order chi connectivity index (χ0) is 13.2. The first kappa shape index (κ1) is 14.7. The molecule has 18 heavy (non-hydrogen) atoms. The molecule has 100 valence electrons. The van der Waals surface area contributed by atoms with Gasteiger partial charge in [0.2, 0.25) is 5.91 Å². The molecule has 3 N–H and O–H groups in total. The van der Waals surface area contributed by atoms with Crippen molar-refractivity contribution in [2.75, 3.05) is 20.3 Å². The van der Waals surface area contributed by atoms with Crippen LogP contribution >= 0.6 is 0 Å². The number of carbonyl (C=O) groups excluding carboxylic acids is 1. The standard InChI is InChI=1S/C14H22N2O2/c1-18-11-7-3-6-10-16-14(17)13(15)12-8-4-2-5-9-12/h2,4-5,8-9,13H,3,6-7,10-11,15H2,1H3,(H,16,17). The van der Waals surface area contributed by atoms with Crippen LogP contribution < -0.4 is 11.1 Å². The van der Waals surface area contributed by atoms with Crippen LogP contribution in [0, 0.1) is 0 Å². The van der Waals surface area contributed by atoms with Gasteiger partial charge in [0.25, 0.3) is 0 Å². The van der Waals surface area contributed by atoms with Crippen molar-refractivity contribution in [3.8, 4) is 0 Å². The molecule has 4 heteroatoms. The Bertz CT molecular complexity index is 341. The molecule has 1 aromatic rings. The van der Waals surface area contributed by atoms with Gasteiger partial charge < -0.3 is 15.8 Å². The molecule has 0 spiro atoms. The topological polar surface area (TPSA) is 64.3 Å². The number of nitrogens with one attached hydrogen (secondary N) is 1. The quantitative estimate of drug-likeness (QED) is 0.689. The molecular formula is C14H22N2O2. The van der Waals surface area contributed by atoms with Crippen LogP contribution in [0.15, 0.2) is 30.3 Å². The van der Waals surface area contributed by atoms with E-state index in [4.69, 9.17) is 10.5 Å². The lowest BCUT2D eigenvalue weighted by molar-refractivity contribution is -0.122. The summed E-state index contributed by atoms with van der Waals surface area (Å²) >= 11 is 0. The molecule has 0 aromatic heterocycles. The van der Waals surface area contributed by atoms with E-state index in [1.807, 2.05) is 30.3 Å². The lowest BCUT2D eigenvalue weighted by Gasteiger charge is -2.12. The summed E-state index contributed by atoms with van der Waals surface area (Å²) in [5.41, 5.74) is 6.71. The fourth-order valence-electron chi connectivity index (χ4n) is 1.68. The minimum absolute atomic E-state index is 0.118. The van der Waals surface area contributed by atoms with Crippen LogP contribution in [0.25, 0.3) is 0 Å². The van der Waals surface area contributed by atoms with Crippen molar-refractivity contribution in [2.45, 2.75) is 25.3 Å². The van der Waals surface area contributed by atoms with Crippen LogP contribution in [0.3, 0.4) is 0 Å². The van der Waals surface area contributed by atoms with E-state index in [-0.39, 0.29) is 5.91 Å². The number of amides is 1. The highest BCUT2D eigenvalue weighted by atomic mass is 16.5. The average Bonchev–Trinajstić information content (AvgIpc) is 2.42. The Morgan fingerprint density at radius 1 is 1.28 bits per heavy atom. The van der Waals surface area contributed by atoms with E-state index < -0.39 is 6.04 Å². The number of hydrogen-bond donors (Lipinski definition) is 2. The van der Waals surface area contributed by atoms with Gasteiger partial charge in [-0.2, -0.15) is 0 Å². The Morgan fingerprint density at radius 3 is 2.67 bits per heavy atom. The molecule has 1 unspecified atom stereocenters. The summed E-state index contributed by atoms with van der Waals surface area (Å²) < 4.78 is 4.96. The summed E-state index contributed by atoms with van der Waals surface area (Å²) in [6.45, 7) is 1.44. The highest BCUT2D eigenvalue weighted by Crippen LogP contribution is 2.09. The maximum Gasteiger partial charge on any atom is 0.241 e. The highest BCUT2D eigenvalue weighted by molar-refractivity contribution is 5.82. The van der Waals surface area contributed by atoms with Crippen molar-refractivity contribution >= 4 is 5.91 Å². The molecule has 0 bridgehead atoms. The number of ether oxygens (including phenoxy) is 1. The zero-order valence-corrected chi connectivity index (χ0v) is 10.9. The van der Waals surface area contributed by atoms with Crippen molar-refractivity contribution in [2.24, 2.45) is 5.73 Å². The normalized spacial score (nSPS) is 12.1. The van der Waals surface area contributed by atoms with E-state index in [1.54, 1.807) is 7.11 Å². The first-order chi connectivity index (χ1) is 8.75. The first-order valence-electron chi connectivity index (χ1n) is 6.33. The van der Waals surface area contributed by atoms with Crippen molar-refractivity contribution in [1.29, 1.82) is 0 Å². The number of nitrogens with two attached hydrogens (primary N) is 1. The molecule has 1 atom stereocenters. The van der Waals surface area contributed by atoms with Crippen LogP contribution in [0.1, 0.15) is 30.9 Å². The molecular weight excluding hydrogens is 228 g/mol. The van der Waals surface area contributed by atoms with E-state index in [2.05, 4.69) is 5.32 Å². The molecule has 0 saturated carbocycles. The van der Waals surface area contributed by atoms with Gasteiger partial charge >= 0.3 is 0 Å². The Labute approximate surface area is 109 Å². The number of methoxy groups -OCH3 is 1. The van der Waals surface area contributed by atoms with Crippen LogP contribution in [-0.4, -0.2) is 26.2 Å². The molecule has 4 nitrogen and oxygen atoms in total. The maximum absolute atomic E-state index is 11.8. The van der Waals surface area contributed by atoms with Gasteiger partial charge in [0.05, 0.1) is 0 Å². The van der Waals surface area contributed by atoms with Crippen LogP contribution in [0.2, 0.25) is 0 Å². The summed E-state index contributed by atoms with van der Waals surface area (Å²) in [5.74, 6) is -0.118. The Morgan fingerprint density at radius 2 is 2.00 bits per heavy atom. The number of unbranched alkanes of at least 4 members (excludes halogenated alkanes) is 2. The summed E-state index contributed by atoms with van der Waals surface area (Å²) in [5, 5.41) is 2.85. The Balaban J connectivity index is 2.20. The van der Waals surface area contributed by atoms with E-state index in [1.165, 1.54) is 0 Å². The lowest BCUT2D eigenvalue weighted by Crippen LogP contribution is -2.34. The summed E-state index contributed by atoms with van der Waals surface area (Å²) in [6, 6.07) is 8.82. The molecule has 1 aromatic carbocycles. The van der Waals surface area contributed by atoms with Gasteiger partial charge in [-0.15, -0.1) is 0 Å². The van der Waals surface area contributed by atoms with E-state index in [9.17, 15) is 4.79 Å². The Kier molecular flexibility index (Phi) is 7.06. The van der Waals surface area contributed by atoms with E-state index in [0.717, 1.165) is 31.4 Å².